The maximum absolute atomic E-state index is 11.9. The summed E-state index contributed by atoms with van der Waals surface area (Å²) in [6.07, 6.45) is 4.47. The van der Waals surface area contributed by atoms with Crippen molar-refractivity contribution in [3.05, 3.63) is 64.7 Å². The van der Waals surface area contributed by atoms with E-state index in [1.165, 1.54) is 31.1 Å². The zero-order valence-corrected chi connectivity index (χ0v) is 16.9. The van der Waals surface area contributed by atoms with Crippen molar-refractivity contribution >= 4 is 29.0 Å². The number of rotatable bonds is 4. The Hall–Kier alpha value is -2.40. The molecular formula is C22H26N2O2S. The summed E-state index contributed by atoms with van der Waals surface area (Å²) in [5.74, 6) is -0.345. The normalized spacial score (nSPS) is 15.2. The van der Waals surface area contributed by atoms with E-state index in [2.05, 4.69) is 41.8 Å². The summed E-state index contributed by atoms with van der Waals surface area (Å²) in [5.41, 5.74) is 4.58. The van der Waals surface area contributed by atoms with Crippen LogP contribution in [0, 0.1) is 13.8 Å². The van der Waals surface area contributed by atoms with Crippen LogP contribution < -0.4 is 10.6 Å². The topological polar surface area (TPSA) is 50.4 Å². The summed E-state index contributed by atoms with van der Waals surface area (Å²) in [4.78, 5) is 11.9. The number of methoxy groups -OCH3 is 1. The lowest BCUT2D eigenvalue weighted by Crippen LogP contribution is -2.45. The minimum Gasteiger partial charge on any atom is -0.465 e. The van der Waals surface area contributed by atoms with Crippen molar-refractivity contribution in [2.45, 2.75) is 45.1 Å². The number of hydrogen-bond donors (Lipinski definition) is 2. The van der Waals surface area contributed by atoms with Crippen LogP contribution >= 0.6 is 12.2 Å². The zero-order valence-electron chi connectivity index (χ0n) is 16.1. The number of carbonyl (C=O) groups is 1. The van der Waals surface area contributed by atoms with Gasteiger partial charge in [0.2, 0.25) is 0 Å². The van der Waals surface area contributed by atoms with Crippen molar-refractivity contribution in [1.29, 1.82) is 0 Å². The second-order valence-corrected chi connectivity index (χ2v) is 7.62. The summed E-state index contributed by atoms with van der Waals surface area (Å²) in [5, 5.41) is 7.43. The molecule has 4 nitrogen and oxygen atoms in total. The third-order valence-electron chi connectivity index (χ3n) is 5.37. The van der Waals surface area contributed by atoms with Crippen molar-refractivity contribution in [1.82, 2.24) is 5.32 Å². The molecule has 0 amide bonds. The fourth-order valence-corrected chi connectivity index (χ4v) is 4.19. The Morgan fingerprint density at radius 2 is 1.81 bits per heavy atom. The molecule has 0 saturated heterocycles. The van der Waals surface area contributed by atoms with Crippen molar-refractivity contribution in [3.8, 4) is 0 Å². The van der Waals surface area contributed by atoms with Gasteiger partial charge in [0.05, 0.1) is 18.2 Å². The molecule has 1 saturated carbocycles. The highest BCUT2D eigenvalue weighted by atomic mass is 32.1. The maximum atomic E-state index is 11.9. The summed E-state index contributed by atoms with van der Waals surface area (Å²) >= 11 is 5.64. The van der Waals surface area contributed by atoms with Crippen LogP contribution in [0.3, 0.4) is 0 Å². The van der Waals surface area contributed by atoms with Crippen LogP contribution in [0.15, 0.2) is 42.5 Å². The minimum atomic E-state index is -0.345. The van der Waals surface area contributed by atoms with Gasteiger partial charge >= 0.3 is 5.97 Å². The lowest BCUT2D eigenvalue weighted by molar-refractivity contribution is 0.0600. The van der Waals surface area contributed by atoms with Gasteiger partial charge < -0.3 is 15.4 Å². The highest BCUT2D eigenvalue weighted by Crippen LogP contribution is 2.39. The second kappa shape index (κ2) is 8.09. The molecule has 0 bridgehead atoms. The predicted octanol–water partition coefficient (Wildman–Crippen LogP) is 4.85. The number of nitrogens with one attached hydrogen (secondary N) is 2. The largest absolute Gasteiger partial charge is 0.465 e. The smallest absolute Gasteiger partial charge is 0.338 e. The number of hydrogen-bond acceptors (Lipinski definition) is 3. The first-order chi connectivity index (χ1) is 12.9. The van der Waals surface area contributed by atoms with E-state index in [0.717, 1.165) is 24.1 Å². The molecule has 0 unspecified atom stereocenters. The highest BCUT2D eigenvalue weighted by molar-refractivity contribution is 7.80. The summed E-state index contributed by atoms with van der Waals surface area (Å²) < 4.78 is 4.85. The van der Waals surface area contributed by atoms with Crippen LogP contribution in [-0.4, -0.2) is 18.2 Å². The quantitative estimate of drug-likeness (QED) is 0.585. The van der Waals surface area contributed by atoms with Crippen LogP contribution in [-0.2, 0) is 10.3 Å². The Morgan fingerprint density at radius 3 is 2.48 bits per heavy atom. The Balaban J connectivity index is 1.81. The molecule has 2 aromatic carbocycles. The van der Waals surface area contributed by atoms with Gasteiger partial charge in [-0.25, -0.2) is 4.79 Å². The number of aryl methyl sites for hydroxylation is 1. The molecule has 142 valence electrons. The van der Waals surface area contributed by atoms with E-state index in [1.807, 2.05) is 19.1 Å². The third kappa shape index (κ3) is 4.14. The fourth-order valence-electron chi connectivity index (χ4n) is 3.88. The first-order valence-corrected chi connectivity index (χ1v) is 9.70. The number of benzene rings is 2. The summed E-state index contributed by atoms with van der Waals surface area (Å²) in [7, 11) is 1.39. The van der Waals surface area contributed by atoms with E-state index >= 15 is 0 Å². The van der Waals surface area contributed by atoms with Gasteiger partial charge in [-0.2, -0.15) is 0 Å². The maximum Gasteiger partial charge on any atom is 0.338 e. The first-order valence-electron chi connectivity index (χ1n) is 9.29. The predicted molar refractivity (Wildman–Crippen MR) is 113 cm³/mol. The standard InChI is InChI=1S/C22H26N2O2S/c1-15-8-6-9-17(14-15)22(12-4-5-13-22)24-21(27)23-19-11-7-10-18(16(19)2)20(25)26-3/h6-11,14H,4-5,12-13H2,1-3H3,(H2,23,24,27). The molecule has 1 aliphatic rings. The molecule has 0 aliphatic heterocycles. The Morgan fingerprint density at radius 1 is 1.11 bits per heavy atom. The van der Waals surface area contributed by atoms with E-state index < -0.39 is 0 Å². The molecule has 27 heavy (non-hydrogen) atoms. The van der Waals surface area contributed by atoms with Crippen LogP contribution in [0.25, 0.3) is 0 Å². The molecule has 0 aromatic heterocycles. The molecule has 0 atom stereocenters. The number of anilines is 1. The van der Waals surface area contributed by atoms with Gasteiger partial charge in [0.1, 0.15) is 0 Å². The van der Waals surface area contributed by atoms with Gasteiger partial charge in [0.15, 0.2) is 5.11 Å². The molecule has 0 heterocycles. The van der Waals surface area contributed by atoms with Gasteiger partial charge in [-0.1, -0.05) is 48.7 Å². The van der Waals surface area contributed by atoms with Gasteiger partial charge in [-0.05, 0) is 62.2 Å². The molecule has 3 rings (SSSR count). The molecule has 5 heteroatoms. The van der Waals surface area contributed by atoms with Crippen LogP contribution in [0.4, 0.5) is 5.69 Å². The zero-order chi connectivity index (χ0) is 19.4. The first kappa shape index (κ1) is 19.4. The van der Waals surface area contributed by atoms with Crippen molar-refractivity contribution in [2.75, 3.05) is 12.4 Å². The number of ether oxygens (including phenoxy) is 1. The van der Waals surface area contributed by atoms with Gasteiger partial charge in [0.25, 0.3) is 0 Å². The molecule has 1 aliphatic carbocycles. The average molecular weight is 383 g/mol. The number of carbonyl (C=O) groups excluding carboxylic acids is 1. The molecule has 0 radical (unpaired) electrons. The van der Waals surface area contributed by atoms with Crippen LogP contribution in [0.2, 0.25) is 0 Å². The van der Waals surface area contributed by atoms with Gasteiger partial charge in [-0.3, -0.25) is 0 Å². The van der Waals surface area contributed by atoms with Gasteiger partial charge in [-0.15, -0.1) is 0 Å². The SMILES string of the molecule is COC(=O)c1cccc(NC(=S)NC2(c3cccc(C)c3)CCCC2)c1C. The molecular weight excluding hydrogens is 356 g/mol. The highest BCUT2D eigenvalue weighted by Gasteiger charge is 2.36. The lowest BCUT2D eigenvalue weighted by atomic mass is 9.87. The molecule has 2 N–H and O–H groups in total. The molecule has 0 spiro atoms. The lowest BCUT2D eigenvalue weighted by Gasteiger charge is -2.33. The fraction of sp³-hybridized carbons (Fsp3) is 0.364. The average Bonchev–Trinajstić information content (AvgIpc) is 3.12. The van der Waals surface area contributed by atoms with E-state index in [4.69, 9.17) is 17.0 Å². The van der Waals surface area contributed by atoms with E-state index in [9.17, 15) is 4.79 Å². The molecule has 1 fully saturated rings. The van der Waals surface area contributed by atoms with E-state index in [-0.39, 0.29) is 11.5 Å². The number of esters is 1. The monoisotopic (exact) mass is 382 g/mol. The van der Waals surface area contributed by atoms with Crippen molar-refractivity contribution < 1.29 is 9.53 Å². The Bertz CT molecular complexity index is 857. The van der Waals surface area contributed by atoms with Crippen molar-refractivity contribution in [3.63, 3.8) is 0 Å². The van der Waals surface area contributed by atoms with Crippen LogP contribution in [0.5, 0.6) is 0 Å². The summed E-state index contributed by atoms with van der Waals surface area (Å²) in [6.45, 7) is 4.01. The Labute approximate surface area is 166 Å². The second-order valence-electron chi connectivity index (χ2n) is 7.21. The van der Waals surface area contributed by atoms with Gasteiger partial charge in [0, 0.05) is 5.69 Å². The van der Waals surface area contributed by atoms with E-state index in [0.29, 0.717) is 10.7 Å². The molecule has 2 aromatic rings. The third-order valence-corrected chi connectivity index (χ3v) is 5.57. The van der Waals surface area contributed by atoms with Crippen LogP contribution in [0.1, 0.15) is 52.7 Å². The Kier molecular flexibility index (Phi) is 5.80. The van der Waals surface area contributed by atoms with Crippen molar-refractivity contribution in [2.24, 2.45) is 0 Å². The number of thiocarbonyl (C=S) groups is 1. The summed E-state index contributed by atoms with van der Waals surface area (Å²) in [6, 6.07) is 14.1. The minimum absolute atomic E-state index is 0.135. The van der Waals surface area contributed by atoms with E-state index in [1.54, 1.807) is 6.07 Å².